The molecule has 0 aliphatic heterocycles. The largest absolute Gasteiger partial charge is 0.417 e. The smallest absolute Gasteiger partial charge is 0.408 e. The minimum Gasteiger partial charge on any atom is -0.408 e. The Hall–Kier alpha value is -1.75. The fourth-order valence-electron chi connectivity index (χ4n) is 1.67. The van der Waals surface area contributed by atoms with E-state index in [4.69, 9.17) is 4.42 Å². The number of fused-ring (bicyclic) bond motifs is 1. The van der Waals surface area contributed by atoms with Crippen LogP contribution < -0.4 is 11.1 Å². The number of aromatic amines is 1. The Bertz CT molecular complexity index is 556. The molecular formula is C12H16N2O3. The van der Waals surface area contributed by atoms with Crippen LogP contribution in [0.2, 0.25) is 0 Å². The van der Waals surface area contributed by atoms with Gasteiger partial charge in [0.25, 0.3) is 0 Å². The van der Waals surface area contributed by atoms with E-state index in [0.29, 0.717) is 17.0 Å². The van der Waals surface area contributed by atoms with Gasteiger partial charge in [-0.05, 0) is 18.1 Å². The van der Waals surface area contributed by atoms with Crippen LogP contribution in [0.15, 0.2) is 27.4 Å². The Labute approximate surface area is 98.5 Å². The zero-order valence-electron chi connectivity index (χ0n) is 9.86. The lowest BCUT2D eigenvalue weighted by atomic mass is 10.1. The van der Waals surface area contributed by atoms with Crippen molar-refractivity contribution in [2.45, 2.75) is 19.9 Å². The number of rotatable bonds is 4. The van der Waals surface area contributed by atoms with E-state index in [2.05, 4.69) is 10.3 Å². The van der Waals surface area contributed by atoms with Crippen molar-refractivity contribution in [2.75, 3.05) is 11.9 Å². The first-order chi connectivity index (χ1) is 8.10. The third kappa shape index (κ3) is 2.50. The van der Waals surface area contributed by atoms with E-state index < -0.39 is 5.76 Å². The molecule has 0 bridgehead atoms. The van der Waals surface area contributed by atoms with Gasteiger partial charge in [0.05, 0.1) is 18.2 Å². The second-order valence-electron chi connectivity index (χ2n) is 4.40. The van der Waals surface area contributed by atoms with Crippen LogP contribution in [0.3, 0.4) is 0 Å². The van der Waals surface area contributed by atoms with Gasteiger partial charge < -0.3 is 14.8 Å². The molecule has 1 heterocycles. The lowest BCUT2D eigenvalue weighted by molar-refractivity contribution is 0.249. The van der Waals surface area contributed by atoms with Crippen LogP contribution in [0.1, 0.15) is 13.8 Å². The van der Waals surface area contributed by atoms with Crippen LogP contribution in [0.5, 0.6) is 0 Å². The maximum atomic E-state index is 11.0. The summed E-state index contributed by atoms with van der Waals surface area (Å²) in [5.74, 6) is -0.145. The van der Waals surface area contributed by atoms with Crippen LogP contribution in [-0.2, 0) is 0 Å². The molecule has 1 aromatic heterocycles. The number of aliphatic hydroxyl groups excluding tert-OH is 1. The molecule has 0 saturated carbocycles. The van der Waals surface area contributed by atoms with Gasteiger partial charge >= 0.3 is 5.76 Å². The summed E-state index contributed by atoms with van der Waals surface area (Å²) in [6.45, 7) is 4.12. The molecule has 1 atom stereocenters. The summed E-state index contributed by atoms with van der Waals surface area (Å²) >= 11 is 0. The van der Waals surface area contributed by atoms with Crippen molar-refractivity contribution in [2.24, 2.45) is 5.92 Å². The Kier molecular flexibility index (Phi) is 3.19. The number of anilines is 1. The highest BCUT2D eigenvalue weighted by Crippen LogP contribution is 2.18. The number of H-pyrrole nitrogens is 1. The van der Waals surface area contributed by atoms with E-state index in [9.17, 15) is 9.90 Å². The lowest BCUT2D eigenvalue weighted by Gasteiger charge is -2.20. The van der Waals surface area contributed by atoms with Crippen molar-refractivity contribution in [3.8, 4) is 0 Å². The predicted octanol–water partition coefficient (Wildman–Crippen LogP) is 1.55. The molecule has 0 spiro atoms. The lowest BCUT2D eigenvalue weighted by Crippen LogP contribution is -2.29. The summed E-state index contributed by atoms with van der Waals surface area (Å²) in [4.78, 5) is 13.6. The Balaban J connectivity index is 2.26. The molecule has 2 aromatic rings. The maximum Gasteiger partial charge on any atom is 0.417 e. The summed E-state index contributed by atoms with van der Waals surface area (Å²) in [7, 11) is 0. The van der Waals surface area contributed by atoms with E-state index in [1.165, 1.54) is 0 Å². The number of aliphatic hydroxyl groups is 1. The van der Waals surface area contributed by atoms with E-state index in [1.54, 1.807) is 12.1 Å². The molecule has 0 fully saturated rings. The predicted molar refractivity (Wildman–Crippen MR) is 66.2 cm³/mol. The van der Waals surface area contributed by atoms with Gasteiger partial charge in [0.2, 0.25) is 0 Å². The highest BCUT2D eigenvalue weighted by atomic mass is 16.4. The third-order valence-electron chi connectivity index (χ3n) is 2.77. The van der Waals surface area contributed by atoms with E-state index in [1.807, 2.05) is 19.9 Å². The quantitative estimate of drug-likeness (QED) is 0.752. The SMILES string of the molecule is CC(C)C(CO)Nc1ccc2[nH]c(=O)oc2c1. The second-order valence-corrected chi connectivity index (χ2v) is 4.40. The third-order valence-corrected chi connectivity index (χ3v) is 2.77. The van der Waals surface area contributed by atoms with E-state index >= 15 is 0 Å². The molecule has 3 N–H and O–H groups in total. The van der Waals surface area contributed by atoms with Gasteiger partial charge in [-0.2, -0.15) is 0 Å². The van der Waals surface area contributed by atoms with Crippen molar-refractivity contribution >= 4 is 16.8 Å². The molecule has 5 nitrogen and oxygen atoms in total. The van der Waals surface area contributed by atoms with Gasteiger partial charge in [-0.25, -0.2) is 4.79 Å². The molecule has 1 unspecified atom stereocenters. The summed E-state index contributed by atoms with van der Waals surface area (Å²) < 4.78 is 4.97. The fourth-order valence-corrected chi connectivity index (χ4v) is 1.67. The van der Waals surface area contributed by atoms with Crippen molar-refractivity contribution in [3.63, 3.8) is 0 Å². The number of aromatic nitrogens is 1. The van der Waals surface area contributed by atoms with Crippen molar-refractivity contribution in [1.82, 2.24) is 4.98 Å². The summed E-state index contributed by atoms with van der Waals surface area (Å²) in [6, 6.07) is 5.35. The van der Waals surface area contributed by atoms with Gasteiger partial charge in [-0.15, -0.1) is 0 Å². The fraction of sp³-hybridized carbons (Fsp3) is 0.417. The van der Waals surface area contributed by atoms with Gasteiger partial charge in [-0.3, -0.25) is 4.98 Å². The van der Waals surface area contributed by atoms with E-state index in [0.717, 1.165) is 5.69 Å². The first-order valence-electron chi connectivity index (χ1n) is 5.60. The van der Waals surface area contributed by atoms with Crippen molar-refractivity contribution in [1.29, 1.82) is 0 Å². The first kappa shape index (κ1) is 11.7. The van der Waals surface area contributed by atoms with Crippen LogP contribution in [0.25, 0.3) is 11.1 Å². The van der Waals surface area contributed by atoms with Crippen LogP contribution in [-0.4, -0.2) is 22.7 Å². The molecule has 92 valence electrons. The number of hydrogen-bond acceptors (Lipinski definition) is 4. The molecule has 0 aliphatic rings. The van der Waals surface area contributed by atoms with Crippen LogP contribution >= 0.6 is 0 Å². The monoisotopic (exact) mass is 236 g/mol. The standard InChI is InChI=1S/C12H16N2O3/c1-7(2)10(6-15)13-8-3-4-9-11(5-8)17-12(16)14-9/h3-5,7,10,13,15H,6H2,1-2H3,(H,14,16). The molecule has 0 radical (unpaired) electrons. The molecule has 5 heteroatoms. The minimum atomic E-state index is -0.459. The Morgan fingerprint density at radius 3 is 2.88 bits per heavy atom. The van der Waals surface area contributed by atoms with Crippen molar-refractivity contribution < 1.29 is 9.52 Å². The van der Waals surface area contributed by atoms with Gasteiger partial charge in [0, 0.05) is 11.8 Å². The van der Waals surface area contributed by atoms with Gasteiger partial charge in [-0.1, -0.05) is 13.8 Å². The second kappa shape index (κ2) is 4.63. The summed E-state index contributed by atoms with van der Waals surface area (Å²) in [5, 5.41) is 12.4. The highest BCUT2D eigenvalue weighted by molar-refractivity contribution is 5.76. The number of hydrogen-bond donors (Lipinski definition) is 3. The summed E-state index contributed by atoms with van der Waals surface area (Å²) in [6.07, 6.45) is 0. The average molecular weight is 236 g/mol. The van der Waals surface area contributed by atoms with Crippen LogP contribution in [0.4, 0.5) is 5.69 Å². The average Bonchev–Trinajstić information content (AvgIpc) is 2.64. The maximum absolute atomic E-state index is 11.0. The number of benzene rings is 1. The van der Waals surface area contributed by atoms with Gasteiger partial charge in [0.15, 0.2) is 5.58 Å². The number of oxazole rings is 1. The van der Waals surface area contributed by atoms with Crippen LogP contribution in [0, 0.1) is 5.92 Å². The Morgan fingerprint density at radius 2 is 2.24 bits per heavy atom. The topological polar surface area (TPSA) is 78.3 Å². The molecule has 0 saturated heterocycles. The highest BCUT2D eigenvalue weighted by Gasteiger charge is 2.12. The number of nitrogens with one attached hydrogen (secondary N) is 2. The molecule has 17 heavy (non-hydrogen) atoms. The zero-order chi connectivity index (χ0) is 12.4. The molecule has 0 amide bonds. The van der Waals surface area contributed by atoms with E-state index in [-0.39, 0.29) is 12.6 Å². The first-order valence-corrected chi connectivity index (χ1v) is 5.60. The minimum absolute atomic E-state index is 0.0156. The molecule has 0 aliphatic carbocycles. The molecular weight excluding hydrogens is 220 g/mol. The normalized spacial score (nSPS) is 13.2. The molecule has 2 rings (SSSR count). The summed E-state index contributed by atoms with van der Waals surface area (Å²) in [5.41, 5.74) is 2.01. The molecule has 1 aromatic carbocycles. The van der Waals surface area contributed by atoms with Crippen molar-refractivity contribution in [3.05, 3.63) is 28.7 Å². The Morgan fingerprint density at radius 1 is 1.47 bits per heavy atom. The van der Waals surface area contributed by atoms with Gasteiger partial charge in [0.1, 0.15) is 0 Å². The zero-order valence-corrected chi connectivity index (χ0v) is 9.86.